The number of imidazole rings is 1. The first-order chi connectivity index (χ1) is 16.4. The van der Waals surface area contributed by atoms with Gasteiger partial charge < -0.3 is 23.9 Å². The standard InChI is InChI=1S/C23H30F2N4O5/c1-4-8-16(6-3)29-21-19(25)15(13-26)12-17(24)20(21)28-22(29)27-18(9-5-2)33-14-34-23(31)32-11-7-10-30/h12,16,30H,4-11,14H2,1-3H3/b27-18+. The molecule has 1 aromatic carbocycles. The number of hydrogen-bond donors (Lipinski definition) is 1. The van der Waals surface area contributed by atoms with Gasteiger partial charge in [0.05, 0.1) is 12.2 Å². The number of fused-ring (bicyclic) bond motifs is 1. The van der Waals surface area contributed by atoms with Gasteiger partial charge in [0.1, 0.15) is 17.1 Å². The molecule has 0 aliphatic rings. The zero-order valence-electron chi connectivity index (χ0n) is 19.6. The van der Waals surface area contributed by atoms with E-state index in [1.54, 1.807) is 6.07 Å². The Morgan fingerprint density at radius 3 is 2.65 bits per heavy atom. The number of halogens is 2. The fourth-order valence-electron chi connectivity index (χ4n) is 3.43. The monoisotopic (exact) mass is 480 g/mol. The average Bonchev–Trinajstić information content (AvgIpc) is 3.19. The van der Waals surface area contributed by atoms with Crippen LogP contribution in [0.5, 0.6) is 0 Å². The maximum absolute atomic E-state index is 15.1. The third-order valence-corrected chi connectivity index (χ3v) is 5.03. The van der Waals surface area contributed by atoms with Crippen LogP contribution in [-0.2, 0) is 14.2 Å². The third-order valence-electron chi connectivity index (χ3n) is 5.03. The number of aromatic nitrogens is 2. The molecule has 0 spiro atoms. The van der Waals surface area contributed by atoms with Crippen molar-refractivity contribution in [1.82, 2.24) is 9.55 Å². The van der Waals surface area contributed by atoms with Crippen molar-refractivity contribution in [2.24, 2.45) is 4.99 Å². The van der Waals surface area contributed by atoms with E-state index in [9.17, 15) is 14.4 Å². The first-order valence-corrected chi connectivity index (χ1v) is 11.3. The summed E-state index contributed by atoms with van der Waals surface area (Å²) in [5, 5.41) is 17.9. The van der Waals surface area contributed by atoms with Gasteiger partial charge in [-0.2, -0.15) is 10.3 Å². The molecule has 1 aromatic heterocycles. The Balaban J connectivity index is 2.45. The van der Waals surface area contributed by atoms with E-state index in [0.717, 1.165) is 12.5 Å². The van der Waals surface area contributed by atoms with Crippen molar-refractivity contribution in [1.29, 1.82) is 5.26 Å². The molecule has 0 aliphatic heterocycles. The topological polar surface area (TPSA) is 119 Å². The molecular weight excluding hydrogens is 450 g/mol. The predicted octanol–water partition coefficient (Wildman–Crippen LogP) is 5.28. The van der Waals surface area contributed by atoms with Crippen LogP contribution in [0.15, 0.2) is 11.1 Å². The Morgan fingerprint density at radius 1 is 1.26 bits per heavy atom. The van der Waals surface area contributed by atoms with Crippen molar-refractivity contribution in [3.63, 3.8) is 0 Å². The van der Waals surface area contributed by atoms with Gasteiger partial charge in [-0.15, -0.1) is 0 Å². The lowest BCUT2D eigenvalue weighted by atomic mass is 10.1. The van der Waals surface area contributed by atoms with E-state index >= 15 is 4.39 Å². The summed E-state index contributed by atoms with van der Waals surface area (Å²) in [5.41, 5.74) is -0.745. The van der Waals surface area contributed by atoms with Crippen LogP contribution in [0.25, 0.3) is 11.0 Å². The molecule has 0 aliphatic carbocycles. The smallest absolute Gasteiger partial charge is 0.444 e. The molecule has 11 heteroatoms. The van der Waals surface area contributed by atoms with Gasteiger partial charge in [-0.05, 0) is 25.3 Å². The molecule has 0 radical (unpaired) electrons. The highest BCUT2D eigenvalue weighted by atomic mass is 19.1. The summed E-state index contributed by atoms with van der Waals surface area (Å²) in [4.78, 5) is 20.2. The van der Waals surface area contributed by atoms with E-state index in [1.807, 2.05) is 20.8 Å². The highest BCUT2D eigenvalue weighted by Crippen LogP contribution is 2.34. The Hall–Kier alpha value is -3.26. The van der Waals surface area contributed by atoms with E-state index < -0.39 is 30.1 Å². The van der Waals surface area contributed by atoms with Gasteiger partial charge in [0.15, 0.2) is 17.5 Å². The minimum absolute atomic E-state index is 0.00686. The second-order valence-electron chi connectivity index (χ2n) is 7.50. The molecule has 1 N–H and O–H groups in total. The van der Waals surface area contributed by atoms with Crippen molar-refractivity contribution in [3.8, 4) is 6.07 Å². The van der Waals surface area contributed by atoms with Crippen molar-refractivity contribution in [2.45, 2.75) is 65.3 Å². The SMILES string of the molecule is CCC/C(=N\c1nc2c(F)cc(C#N)c(F)c2n1C(CC)CCC)OCOC(=O)OCCCO. The van der Waals surface area contributed by atoms with Crippen LogP contribution < -0.4 is 0 Å². The lowest BCUT2D eigenvalue weighted by Crippen LogP contribution is -2.15. The number of nitrogens with zero attached hydrogens (tertiary/aromatic N) is 4. The van der Waals surface area contributed by atoms with Gasteiger partial charge in [-0.3, -0.25) is 0 Å². The highest BCUT2D eigenvalue weighted by molar-refractivity contribution is 5.84. The first kappa shape index (κ1) is 27.0. The van der Waals surface area contributed by atoms with Crippen LogP contribution in [0.3, 0.4) is 0 Å². The number of benzene rings is 1. The van der Waals surface area contributed by atoms with Crippen LogP contribution in [0.2, 0.25) is 0 Å². The normalized spacial score (nSPS) is 12.4. The summed E-state index contributed by atoms with van der Waals surface area (Å²) < 4.78 is 46.4. The molecule has 1 atom stereocenters. The van der Waals surface area contributed by atoms with Crippen molar-refractivity contribution < 1.29 is 32.9 Å². The molecule has 0 fully saturated rings. The Labute approximate surface area is 197 Å². The van der Waals surface area contributed by atoms with Crippen LogP contribution in [0.4, 0.5) is 19.5 Å². The lowest BCUT2D eigenvalue weighted by molar-refractivity contribution is -0.00260. The van der Waals surface area contributed by atoms with Gasteiger partial charge >= 0.3 is 6.16 Å². The van der Waals surface area contributed by atoms with E-state index in [-0.39, 0.29) is 48.6 Å². The van der Waals surface area contributed by atoms with Crippen molar-refractivity contribution in [3.05, 3.63) is 23.3 Å². The molecule has 0 bridgehead atoms. The minimum Gasteiger partial charge on any atom is -0.444 e. The van der Waals surface area contributed by atoms with E-state index in [1.165, 1.54) is 4.57 Å². The fraction of sp³-hybridized carbons (Fsp3) is 0.565. The van der Waals surface area contributed by atoms with Crippen molar-refractivity contribution in [2.75, 3.05) is 20.0 Å². The summed E-state index contributed by atoms with van der Waals surface area (Å²) in [6.07, 6.45) is 2.36. The van der Waals surface area contributed by atoms with Gasteiger partial charge in [-0.25, -0.2) is 18.6 Å². The maximum atomic E-state index is 15.1. The summed E-state index contributed by atoms with van der Waals surface area (Å²) in [6, 6.07) is 2.26. The second-order valence-corrected chi connectivity index (χ2v) is 7.50. The third kappa shape index (κ3) is 6.63. The number of aliphatic imine (C=N–C) groups is 1. The summed E-state index contributed by atoms with van der Waals surface area (Å²) in [7, 11) is 0. The Kier molecular flexibility index (Phi) is 10.7. The summed E-state index contributed by atoms with van der Waals surface area (Å²) >= 11 is 0. The zero-order chi connectivity index (χ0) is 25.1. The zero-order valence-corrected chi connectivity index (χ0v) is 19.6. The van der Waals surface area contributed by atoms with Gasteiger partial charge in [0.2, 0.25) is 12.7 Å². The second kappa shape index (κ2) is 13.4. The largest absolute Gasteiger partial charge is 0.511 e. The number of aliphatic hydroxyl groups is 1. The van der Waals surface area contributed by atoms with Gasteiger partial charge in [0.25, 0.3) is 0 Å². The van der Waals surface area contributed by atoms with E-state index in [2.05, 4.69) is 9.98 Å². The molecule has 0 amide bonds. The molecule has 0 saturated carbocycles. The molecule has 34 heavy (non-hydrogen) atoms. The molecule has 0 saturated heterocycles. The van der Waals surface area contributed by atoms with E-state index in [4.69, 9.17) is 19.3 Å². The van der Waals surface area contributed by atoms with Crippen LogP contribution in [0.1, 0.15) is 70.9 Å². The Bertz CT molecular complexity index is 1050. The lowest BCUT2D eigenvalue weighted by Gasteiger charge is -2.19. The molecule has 1 heterocycles. The number of hydrogen-bond acceptors (Lipinski definition) is 8. The van der Waals surface area contributed by atoms with Crippen LogP contribution >= 0.6 is 0 Å². The predicted molar refractivity (Wildman–Crippen MR) is 121 cm³/mol. The molecule has 2 aromatic rings. The first-order valence-electron chi connectivity index (χ1n) is 11.3. The summed E-state index contributed by atoms with van der Waals surface area (Å²) in [6.45, 7) is 5.19. The number of nitriles is 1. The molecular formula is C23H30F2N4O5. The van der Waals surface area contributed by atoms with Gasteiger partial charge in [-0.1, -0.05) is 27.2 Å². The van der Waals surface area contributed by atoms with Gasteiger partial charge in [0, 0.05) is 25.5 Å². The summed E-state index contributed by atoms with van der Waals surface area (Å²) in [5.74, 6) is -1.47. The number of aliphatic hydroxyl groups excluding tert-OH is 1. The Morgan fingerprint density at radius 2 is 2.03 bits per heavy atom. The maximum Gasteiger partial charge on any atom is 0.511 e. The molecule has 1 unspecified atom stereocenters. The number of carbonyl (C=O) groups excluding carboxylic acids is 1. The average molecular weight is 481 g/mol. The highest BCUT2D eigenvalue weighted by Gasteiger charge is 2.25. The van der Waals surface area contributed by atoms with Crippen LogP contribution in [0, 0.1) is 23.0 Å². The number of carbonyl (C=O) groups is 1. The molecule has 2 rings (SSSR count). The van der Waals surface area contributed by atoms with E-state index in [0.29, 0.717) is 25.7 Å². The molecule has 186 valence electrons. The number of rotatable bonds is 12. The van der Waals surface area contributed by atoms with Crippen molar-refractivity contribution >= 4 is 29.0 Å². The fourth-order valence-corrected chi connectivity index (χ4v) is 3.43. The quantitative estimate of drug-likeness (QED) is 0.144. The molecule has 9 nitrogen and oxygen atoms in total. The van der Waals surface area contributed by atoms with Crippen LogP contribution in [-0.4, -0.2) is 46.7 Å². The number of ether oxygens (including phenoxy) is 3. The minimum atomic E-state index is -0.960.